The van der Waals surface area contributed by atoms with E-state index in [0.717, 1.165) is 11.5 Å². The van der Waals surface area contributed by atoms with Gasteiger partial charge in [-0.25, -0.2) is 21.6 Å². The Hall–Kier alpha value is -2.45. The molecule has 1 atom stereocenters. The van der Waals surface area contributed by atoms with Gasteiger partial charge < -0.3 is 4.74 Å². The van der Waals surface area contributed by atoms with Crippen LogP contribution in [0.3, 0.4) is 0 Å². The van der Waals surface area contributed by atoms with Crippen molar-refractivity contribution in [1.82, 2.24) is 0 Å². The van der Waals surface area contributed by atoms with E-state index in [1.807, 2.05) is 0 Å². The predicted molar refractivity (Wildman–Crippen MR) is 97.3 cm³/mol. The molecule has 2 aromatic rings. The third-order valence-electron chi connectivity index (χ3n) is 3.89. The van der Waals surface area contributed by atoms with Crippen LogP contribution in [0, 0.1) is 0 Å². The minimum atomic E-state index is -3.80. The Balaban J connectivity index is 1.93. The average molecular weight is 392 g/mol. The molecule has 6 nitrogen and oxygen atoms in total. The largest absolute Gasteiger partial charge is 0.423 e. The van der Waals surface area contributed by atoms with E-state index < -0.39 is 36.6 Å². The van der Waals surface area contributed by atoms with Crippen molar-refractivity contribution in [2.45, 2.75) is 5.25 Å². The van der Waals surface area contributed by atoms with Gasteiger partial charge in [0.1, 0.15) is 11.0 Å². The van der Waals surface area contributed by atoms with Gasteiger partial charge in [-0.2, -0.15) is 0 Å². The minimum absolute atomic E-state index is 0.146. The van der Waals surface area contributed by atoms with Crippen LogP contribution in [0.5, 0.6) is 5.75 Å². The number of rotatable bonds is 3. The van der Waals surface area contributed by atoms with Crippen LogP contribution in [0.15, 0.2) is 66.1 Å². The smallest absolute Gasteiger partial charge is 0.343 e. The van der Waals surface area contributed by atoms with Crippen LogP contribution in [-0.4, -0.2) is 34.3 Å². The topological polar surface area (TPSA) is 94.6 Å². The monoisotopic (exact) mass is 392 g/mol. The van der Waals surface area contributed by atoms with E-state index >= 15 is 0 Å². The minimum Gasteiger partial charge on any atom is -0.423 e. The molecular formula is C18H16O6S2. The SMILES string of the molecule is O=C(Oc1ccccc1)c1cccc(C2CS(=O)(=O)CC=CS2(=O)=O)c1. The van der Waals surface area contributed by atoms with Gasteiger partial charge in [-0.1, -0.05) is 36.4 Å². The lowest BCUT2D eigenvalue weighted by Crippen LogP contribution is -2.20. The molecule has 2 aromatic carbocycles. The van der Waals surface area contributed by atoms with Gasteiger partial charge in [-0.05, 0) is 29.8 Å². The van der Waals surface area contributed by atoms with Gasteiger partial charge in [0.25, 0.3) is 0 Å². The molecule has 1 aliphatic rings. The van der Waals surface area contributed by atoms with E-state index in [1.54, 1.807) is 30.3 Å². The second-order valence-corrected chi connectivity index (χ2v) is 10.0. The van der Waals surface area contributed by atoms with E-state index in [4.69, 9.17) is 4.74 Å². The molecule has 3 rings (SSSR count). The standard InChI is InChI=1S/C18H16O6S2/c19-18(24-16-8-2-1-3-9-16)15-7-4-6-14(12-15)17-13-25(20,21)10-5-11-26(17,22)23/h1-9,11-12,17H,10,13H2. The second kappa shape index (κ2) is 7.05. The van der Waals surface area contributed by atoms with E-state index in [2.05, 4.69) is 0 Å². The Morgan fingerprint density at radius 3 is 2.42 bits per heavy atom. The molecule has 0 radical (unpaired) electrons. The molecule has 0 saturated carbocycles. The first-order valence-electron chi connectivity index (χ1n) is 7.75. The van der Waals surface area contributed by atoms with Crippen LogP contribution in [0.1, 0.15) is 21.2 Å². The zero-order valence-corrected chi connectivity index (χ0v) is 15.2. The quantitative estimate of drug-likeness (QED) is 0.588. The molecule has 0 bridgehead atoms. The summed E-state index contributed by atoms with van der Waals surface area (Å²) in [5, 5.41) is -0.326. The lowest BCUT2D eigenvalue weighted by atomic mass is 10.1. The summed E-state index contributed by atoms with van der Waals surface area (Å²) >= 11 is 0. The van der Waals surface area contributed by atoms with Gasteiger partial charge >= 0.3 is 5.97 Å². The molecule has 1 aliphatic heterocycles. The molecule has 0 amide bonds. The molecule has 0 fully saturated rings. The van der Waals surface area contributed by atoms with Crippen molar-refractivity contribution in [3.8, 4) is 5.75 Å². The van der Waals surface area contributed by atoms with Crippen LogP contribution in [-0.2, 0) is 19.7 Å². The summed E-state index contributed by atoms with van der Waals surface area (Å²) in [5.41, 5.74) is 0.384. The molecule has 0 aromatic heterocycles. The number of benzene rings is 2. The summed E-state index contributed by atoms with van der Waals surface area (Å²) in [6.45, 7) is 0. The number of esters is 1. The van der Waals surface area contributed by atoms with Crippen LogP contribution in [0.4, 0.5) is 0 Å². The number of carbonyl (C=O) groups excluding carboxylic acids is 1. The lowest BCUT2D eigenvalue weighted by molar-refractivity contribution is 0.0734. The normalized spacial score (nSPS) is 20.8. The fraction of sp³-hybridized carbons (Fsp3) is 0.167. The van der Waals surface area contributed by atoms with Crippen molar-refractivity contribution in [3.63, 3.8) is 0 Å². The Morgan fingerprint density at radius 1 is 0.962 bits per heavy atom. The van der Waals surface area contributed by atoms with Gasteiger partial charge in [0.05, 0.1) is 17.1 Å². The molecule has 1 heterocycles. The van der Waals surface area contributed by atoms with Crippen molar-refractivity contribution in [2.24, 2.45) is 0 Å². The van der Waals surface area contributed by atoms with Crippen molar-refractivity contribution in [2.75, 3.05) is 11.5 Å². The highest BCUT2D eigenvalue weighted by atomic mass is 32.2. The summed E-state index contributed by atoms with van der Waals surface area (Å²) in [6, 6.07) is 14.3. The first-order chi connectivity index (χ1) is 12.3. The number of para-hydroxylation sites is 1. The summed E-state index contributed by atoms with van der Waals surface area (Å²) < 4.78 is 54.0. The van der Waals surface area contributed by atoms with Crippen molar-refractivity contribution >= 4 is 25.6 Å². The lowest BCUT2D eigenvalue weighted by Gasteiger charge is -2.15. The van der Waals surface area contributed by atoms with Crippen LogP contribution < -0.4 is 4.74 Å². The maximum atomic E-state index is 12.4. The molecule has 8 heteroatoms. The summed E-state index contributed by atoms with van der Waals surface area (Å²) in [7, 11) is -7.35. The number of sulfone groups is 2. The average Bonchev–Trinajstić information content (AvgIpc) is 2.71. The van der Waals surface area contributed by atoms with Gasteiger partial charge in [0.15, 0.2) is 19.7 Å². The Kier molecular flexibility index (Phi) is 4.97. The third-order valence-corrected chi connectivity index (χ3v) is 7.44. The summed E-state index contributed by atoms with van der Waals surface area (Å²) in [5.74, 6) is -1.14. The molecule has 0 saturated heterocycles. The zero-order valence-electron chi connectivity index (χ0n) is 13.6. The highest BCUT2D eigenvalue weighted by molar-refractivity contribution is 7.97. The zero-order chi connectivity index (χ0) is 18.8. The maximum Gasteiger partial charge on any atom is 0.343 e. The van der Waals surface area contributed by atoms with Gasteiger partial charge in [0.2, 0.25) is 0 Å². The molecule has 0 aliphatic carbocycles. The molecule has 0 N–H and O–H groups in total. The van der Waals surface area contributed by atoms with Crippen LogP contribution >= 0.6 is 0 Å². The number of hydrogen-bond acceptors (Lipinski definition) is 6. The first kappa shape index (κ1) is 18.3. The van der Waals surface area contributed by atoms with Gasteiger partial charge in [0, 0.05) is 5.41 Å². The second-order valence-electron chi connectivity index (χ2n) is 5.85. The van der Waals surface area contributed by atoms with Crippen molar-refractivity contribution in [3.05, 3.63) is 77.2 Å². The molecule has 1 unspecified atom stereocenters. The van der Waals surface area contributed by atoms with Crippen molar-refractivity contribution in [1.29, 1.82) is 0 Å². The van der Waals surface area contributed by atoms with E-state index in [1.165, 1.54) is 24.3 Å². The number of hydrogen-bond donors (Lipinski definition) is 0. The highest BCUT2D eigenvalue weighted by Crippen LogP contribution is 2.29. The van der Waals surface area contributed by atoms with Crippen LogP contribution in [0.2, 0.25) is 0 Å². The fourth-order valence-electron chi connectivity index (χ4n) is 2.61. The predicted octanol–water partition coefficient (Wildman–Crippen LogP) is 2.30. The van der Waals surface area contributed by atoms with Crippen molar-refractivity contribution < 1.29 is 26.4 Å². The Morgan fingerprint density at radius 2 is 1.69 bits per heavy atom. The molecular weight excluding hydrogens is 376 g/mol. The highest BCUT2D eigenvalue weighted by Gasteiger charge is 2.33. The summed E-state index contributed by atoms with van der Waals surface area (Å²) in [4.78, 5) is 12.3. The number of ether oxygens (including phenoxy) is 1. The third kappa shape index (κ3) is 4.20. The number of carbonyl (C=O) groups is 1. The Labute approximate surface area is 152 Å². The van der Waals surface area contributed by atoms with Crippen LogP contribution in [0.25, 0.3) is 0 Å². The van der Waals surface area contributed by atoms with E-state index in [9.17, 15) is 21.6 Å². The van der Waals surface area contributed by atoms with E-state index in [-0.39, 0.29) is 16.9 Å². The molecule has 0 spiro atoms. The Bertz CT molecular complexity index is 1050. The summed E-state index contributed by atoms with van der Waals surface area (Å²) in [6.07, 6.45) is 1.14. The molecule has 26 heavy (non-hydrogen) atoms. The maximum absolute atomic E-state index is 12.4. The van der Waals surface area contributed by atoms with Gasteiger partial charge in [-0.3, -0.25) is 0 Å². The molecule has 136 valence electrons. The van der Waals surface area contributed by atoms with Gasteiger partial charge in [-0.15, -0.1) is 0 Å². The fourth-order valence-corrected chi connectivity index (χ4v) is 6.38. The van der Waals surface area contributed by atoms with E-state index in [0.29, 0.717) is 5.75 Å². The first-order valence-corrected chi connectivity index (χ1v) is 11.2.